The number of nitrogens with zero attached hydrogens (tertiary/aromatic N) is 1. The van der Waals surface area contributed by atoms with Crippen molar-refractivity contribution >= 4 is 10.9 Å². The monoisotopic (exact) mass is 320 g/mol. The molecule has 0 atom stereocenters. The quantitative estimate of drug-likeness (QED) is 0.601. The van der Waals surface area contributed by atoms with E-state index < -0.39 is 0 Å². The predicted octanol–water partition coefficient (Wildman–Crippen LogP) is 0.363. The molecule has 3 aromatic rings. The van der Waals surface area contributed by atoms with Gasteiger partial charge in [-0.2, -0.15) is 0 Å². The first-order valence-corrected chi connectivity index (χ1v) is 7.24. The number of aromatic nitrogens is 1. The number of hydrogen-bond acceptors (Lipinski definition) is 0. The molecular formula is C14H11IN-. The zero-order chi connectivity index (χ0) is 10.8. The van der Waals surface area contributed by atoms with Gasteiger partial charge in [0, 0.05) is 0 Å². The molecule has 80 valence electrons. The van der Waals surface area contributed by atoms with Crippen LogP contribution in [0.2, 0.25) is 0 Å². The van der Waals surface area contributed by atoms with E-state index in [0.717, 1.165) is 0 Å². The Labute approximate surface area is 105 Å². The average molecular weight is 320 g/mol. The number of halogens is 1. The van der Waals surface area contributed by atoms with Crippen LogP contribution in [0.5, 0.6) is 0 Å². The second-order valence-corrected chi connectivity index (χ2v) is 6.33. The Balaban J connectivity index is 2.01. The van der Waals surface area contributed by atoms with Gasteiger partial charge in [0.15, 0.2) is 0 Å². The van der Waals surface area contributed by atoms with Crippen LogP contribution in [0, 0.1) is 3.57 Å². The predicted molar refractivity (Wildman–Crippen MR) is 62.5 cm³/mol. The summed E-state index contributed by atoms with van der Waals surface area (Å²) in [4.78, 5) is 0. The van der Waals surface area contributed by atoms with Gasteiger partial charge in [0.25, 0.3) is 0 Å². The minimum absolute atomic E-state index is 0.119. The van der Waals surface area contributed by atoms with E-state index >= 15 is 0 Å². The third-order valence-corrected chi connectivity index (χ3v) is 5.11. The summed E-state index contributed by atoms with van der Waals surface area (Å²) in [5, 5.41) is 1.33. The van der Waals surface area contributed by atoms with Gasteiger partial charge < -0.3 is 0 Å². The molecule has 3 rings (SSSR count). The summed E-state index contributed by atoms with van der Waals surface area (Å²) in [6, 6.07) is 21.5. The van der Waals surface area contributed by atoms with E-state index in [1.54, 1.807) is 0 Å². The van der Waals surface area contributed by atoms with Crippen LogP contribution in [0.25, 0.3) is 10.9 Å². The van der Waals surface area contributed by atoms with E-state index in [1.807, 2.05) is 0 Å². The van der Waals surface area contributed by atoms with Gasteiger partial charge in [-0.05, 0) is 0 Å². The summed E-state index contributed by atoms with van der Waals surface area (Å²) >= 11 is -0.119. The molecule has 2 aromatic carbocycles. The molecule has 0 N–H and O–H groups in total. The van der Waals surface area contributed by atoms with Gasteiger partial charge >= 0.3 is 106 Å². The zero-order valence-electron chi connectivity index (χ0n) is 8.68. The van der Waals surface area contributed by atoms with Gasteiger partial charge in [0.1, 0.15) is 0 Å². The second-order valence-electron chi connectivity index (χ2n) is 3.57. The van der Waals surface area contributed by atoms with Crippen molar-refractivity contribution in [2.45, 2.75) is 0 Å². The van der Waals surface area contributed by atoms with Crippen molar-refractivity contribution in [3.8, 4) is 0 Å². The second kappa shape index (κ2) is 4.29. The van der Waals surface area contributed by atoms with Crippen molar-refractivity contribution < 1.29 is 21.5 Å². The fourth-order valence-electron chi connectivity index (χ4n) is 1.70. The van der Waals surface area contributed by atoms with Crippen LogP contribution in [-0.4, -0.2) is 2.78 Å². The summed E-state index contributed by atoms with van der Waals surface area (Å²) in [5.41, 5.74) is 1.35. The minimum atomic E-state index is -0.119. The Hall–Kier alpha value is -1.29. The van der Waals surface area contributed by atoms with Gasteiger partial charge in [-0.3, -0.25) is 0 Å². The SMILES string of the molecule is c1ccc([I-]n2ccc3ccccc32)cc1. The Bertz CT molecular complexity index is 598. The van der Waals surface area contributed by atoms with Crippen molar-refractivity contribution in [3.63, 3.8) is 0 Å². The molecule has 0 unspecified atom stereocenters. The molecule has 1 heterocycles. The van der Waals surface area contributed by atoms with Crippen LogP contribution in [0.1, 0.15) is 0 Å². The molecule has 0 amide bonds. The molecule has 0 saturated heterocycles. The molecule has 0 saturated carbocycles. The molecule has 0 radical (unpaired) electrons. The first-order chi connectivity index (χ1) is 7.93. The third-order valence-electron chi connectivity index (χ3n) is 2.47. The van der Waals surface area contributed by atoms with E-state index in [0.29, 0.717) is 0 Å². The number of para-hydroxylation sites is 1. The van der Waals surface area contributed by atoms with E-state index in [2.05, 4.69) is 69.6 Å². The molecule has 1 nitrogen and oxygen atoms in total. The summed E-state index contributed by atoms with van der Waals surface area (Å²) in [7, 11) is 0. The molecule has 0 spiro atoms. The zero-order valence-corrected chi connectivity index (χ0v) is 10.8. The van der Waals surface area contributed by atoms with Gasteiger partial charge in [-0.1, -0.05) is 0 Å². The van der Waals surface area contributed by atoms with Crippen LogP contribution in [0.15, 0.2) is 66.9 Å². The van der Waals surface area contributed by atoms with Gasteiger partial charge in [0.05, 0.1) is 0 Å². The Kier molecular flexibility index (Phi) is 2.66. The molecular weight excluding hydrogens is 309 g/mol. The van der Waals surface area contributed by atoms with Crippen LogP contribution >= 0.6 is 0 Å². The van der Waals surface area contributed by atoms with Crippen LogP contribution in [0.3, 0.4) is 0 Å². The molecule has 16 heavy (non-hydrogen) atoms. The van der Waals surface area contributed by atoms with Crippen LogP contribution in [-0.2, 0) is 0 Å². The Morgan fingerprint density at radius 1 is 0.750 bits per heavy atom. The maximum absolute atomic E-state index is 2.39. The van der Waals surface area contributed by atoms with Crippen molar-refractivity contribution in [2.24, 2.45) is 0 Å². The molecule has 0 aliphatic rings. The molecule has 0 aliphatic carbocycles. The number of benzene rings is 2. The third kappa shape index (κ3) is 1.85. The van der Waals surface area contributed by atoms with E-state index in [1.165, 1.54) is 14.5 Å². The van der Waals surface area contributed by atoms with Crippen molar-refractivity contribution in [1.82, 2.24) is 2.78 Å². The first kappa shape index (κ1) is 9.90. The topological polar surface area (TPSA) is 4.93 Å². The van der Waals surface area contributed by atoms with E-state index in [-0.39, 0.29) is 21.5 Å². The Morgan fingerprint density at radius 3 is 2.38 bits per heavy atom. The standard InChI is InChI=1S/C14H11IN/c1-2-7-13(8-3-1)15-16-11-10-12-6-4-5-9-14(12)16/h1-11H/q-1. The van der Waals surface area contributed by atoms with E-state index in [9.17, 15) is 0 Å². The summed E-state index contributed by atoms with van der Waals surface area (Å²) < 4.78 is 3.84. The number of rotatable bonds is 2. The van der Waals surface area contributed by atoms with Crippen molar-refractivity contribution in [1.29, 1.82) is 0 Å². The maximum atomic E-state index is 2.39. The average Bonchev–Trinajstić information content (AvgIpc) is 2.74. The molecule has 0 aliphatic heterocycles. The van der Waals surface area contributed by atoms with Gasteiger partial charge in [0.2, 0.25) is 0 Å². The molecule has 0 fully saturated rings. The Morgan fingerprint density at radius 2 is 1.50 bits per heavy atom. The van der Waals surface area contributed by atoms with E-state index in [4.69, 9.17) is 0 Å². The molecule has 2 heteroatoms. The van der Waals surface area contributed by atoms with Gasteiger partial charge in [-0.15, -0.1) is 0 Å². The first-order valence-electron chi connectivity index (χ1n) is 5.20. The van der Waals surface area contributed by atoms with Gasteiger partial charge in [-0.25, -0.2) is 0 Å². The van der Waals surface area contributed by atoms with Crippen molar-refractivity contribution in [3.05, 3.63) is 70.4 Å². The normalized spacial score (nSPS) is 11.0. The molecule has 1 aromatic heterocycles. The molecule has 0 bridgehead atoms. The van der Waals surface area contributed by atoms with Crippen LogP contribution < -0.4 is 21.5 Å². The fourth-order valence-corrected chi connectivity index (χ4v) is 4.06. The number of hydrogen-bond donors (Lipinski definition) is 0. The van der Waals surface area contributed by atoms with Crippen LogP contribution in [0.4, 0.5) is 0 Å². The van der Waals surface area contributed by atoms with Crippen molar-refractivity contribution in [2.75, 3.05) is 0 Å². The summed E-state index contributed by atoms with van der Waals surface area (Å²) in [6.07, 6.45) is 2.20. The summed E-state index contributed by atoms with van der Waals surface area (Å²) in [6.45, 7) is 0. The summed E-state index contributed by atoms with van der Waals surface area (Å²) in [5.74, 6) is 0. The number of fused-ring (bicyclic) bond motifs is 1. The fraction of sp³-hybridized carbons (Fsp3) is 0.